The van der Waals surface area contributed by atoms with Gasteiger partial charge in [-0.25, -0.2) is 4.68 Å². The fourth-order valence-electron chi connectivity index (χ4n) is 1.45. The summed E-state index contributed by atoms with van der Waals surface area (Å²) in [6.07, 6.45) is -3.46. The molecule has 0 unspecified atom stereocenters. The second-order valence-corrected chi connectivity index (χ2v) is 4.30. The molecule has 0 bridgehead atoms. The van der Waals surface area contributed by atoms with Crippen molar-refractivity contribution in [1.29, 1.82) is 0 Å². The van der Waals surface area contributed by atoms with Gasteiger partial charge in [-0.3, -0.25) is 4.79 Å². The molecule has 0 amide bonds. The molecule has 0 N–H and O–H groups in total. The average molecular weight is 319 g/mol. The Labute approximate surface area is 108 Å². The van der Waals surface area contributed by atoms with Gasteiger partial charge in [0.15, 0.2) is 12.0 Å². The predicted molar refractivity (Wildman–Crippen MR) is 61.7 cm³/mol. The van der Waals surface area contributed by atoms with Crippen molar-refractivity contribution in [3.8, 4) is 5.69 Å². The summed E-state index contributed by atoms with van der Waals surface area (Å²) in [5, 5.41) is 3.41. The monoisotopic (exact) mass is 318 g/mol. The van der Waals surface area contributed by atoms with E-state index < -0.39 is 17.4 Å². The van der Waals surface area contributed by atoms with Crippen LogP contribution >= 0.6 is 15.9 Å². The smallest absolute Gasteiger partial charge is 0.298 e. The molecule has 2 rings (SSSR count). The van der Waals surface area contributed by atoms with Crippen LogP contribution in [0.4, 0.5) is 13.2 Å². The highest BCUT2D eigenvalue weighted by Gasteiger charge is 2.37. The van der Waals surface area contributed by atoms with Crippen LogP contribution in [0.2, 0.25) is 0 Å². The molecule has 0 fully saturated rings. The first-order chi connectivity index (χ1) is 8.43. The number of nitrogens with zero attached hydrogens (tertiary/aromatic N) is 2. The Morgan fingerprint density at radius 2 is 1.94 bits per heavy atom. The van der Waals surface area contributed by atoms with Crippen LogP contribution in [0, 0.1) is 0 Å². The number of carbonyl (C=O) groups is 1. The molecule has 0 aliphatic carbocycles. The highest BCUT2D eigenvalue weighted by molar-refractivity contribution is 9.10. The third kappa shape index (κ3) is 2.31. The molecule has 94 valence electrons. The minimum Gasteiger partial charge on any atom is -0.298 e. The van der Waals surface area contributed by atoms with Crippen molar-refractivity contribution in [1.82, 2.24) is 9.78 Å². The van der Waals surface area contributed by atoms with Gasteiger partial charge in [0.25, 0.3) is 0 Å². The maximum absolute atomic E-state index is 12.6. The van der Waals surface area contributed by atoms with E-state index in [2.05, 4.69) is 21.0 Å². The summed E-state index contributed by atoms with van der Waals surface area (Å²) in [7, 11) is 0. The van der Waals surface area contributed by atoms with E-state index in [1.54, 1.807) is 24.3 Å². The van der Waals surface area contributed by atoms with E-state index in [-0.39, 0.29) is 6.29 Å². The second-order valence-electron chi connectivity index (χ2n) is 3.44. The third-order valence-electron chi connectivity index (χ3n) is 2.24. The van der Waals surface area contributed by atoms with Crippen LogP contribution in [0.1, 0.15) is 16.1 Å². The molecule has 0 atom stereocenters. The van der Waals surface area contributed by atoms with Gasteiger partial charge in [-0.05, 0) is 28.1 Å². The van der Waals surface area contributed by atoms with Crippen LogP contribution in [-0.4, -0.2) is 16.1 Å². The van der Waals surface area contributed by atoms with Crippen LogP contribution in [0.3, 0.4) is 0 Å². The lowest BCUT2D eigenvalue weighted by Gasteiger charge is -2.04. The Bertz CT molecular complexity index is 592. The van der Waals surface area contributed by atoms with Crippen molar-refractivity contribution in [3.05, 3.63) is 46.2 Å². The minimum absolute atomic E-state index is 0.142. The van der Waals surface area contributed by atoms with Crippen molar-refractivity contribution >= 4 is 22.2 Å². The molecule has 0 spiro atoms. The van der Waals surface area contributed by atoms with Gasteiger partial charge in [0.1, 0.15) is 0 Å². The lowest BCUT2D eigenvalue weighted by molar-refractivity contribution is -0.141. The molecule has 2 aromatic rings. The van der Waals surface area contributed by atoms with Crippen LogP contribution < -0.4 is 0 Å². The van der Waals surface area contributed by atoms with Gasteiger partial charge in [-0.15, -0.1) is 0 Å². The lowest BCUT2D eigenvalue weighted by Crippen LogP contribution is -2.09. The molecular weight excluding hydrogens is 313 g/mol. The predicted octanol–water partition coefficient (Wildman–Crippen LogP) is 3.47. The number of hydrogen-bond donors (Lipinski definition) is 0. The van der Waals surface area contributed by atoms with E-state index in [0.29, 0.717) is 10.2 Å². The zero-order chi connectivity index (χ0) is 13.3. The van der Waals surface area contributed by atoms with Crippen LogP contribution in [0.25, 0.3) is 5.69 Å². The molecule has 1 aromatic carbocycles. The molecule has 0 aliphatic heterocycles. The van der Waals surface area contributed by atoms with Gasteiger partial charge in [0.2, 0.25) is 0 Å². The van der Waals surface area contributed by atoms with Crippen molar-refractivity contribution in [3.63, 3.8) is 0 Å². The second kappa shape index (κ2) is 4.56. The molecular formula is C11H6BrF3N2O. The van der Waals surface area contributed by atoms with Crippen molar-refractivity contribution in [2.45, 2.75) is 6.18 Å². The molecule has 0 saturated heterocycles. The number of alkyl halides is 3. The normalized spacial score (nSPS) is 11.6. The quantitative estimate of drug-likeness (QED) is 0.795. The first-order valence-electron chi connectivity index (χ1n) is 4.80. The number of aldehydes is 1. The van der Waals surface area contributed by atoms with Gasteiger partial charge in [-0.1, -0.05) is 12.1 Å². The molecule has 1 aromatic heterocycles. The van der Waals surface area contributed by atoms with E-state index in [4.69, 9.17) is 0 Å². The largest absolute Gasteiger partial charge is 0.435 e. The van der Waals surface area contributed by atoms with Crippen LogP contribution in [0.5, 0.6) is 0 Å². The number of halogens is 4. The summed E-state index contributed by atoms with van der Waals surface area (Å²) in [6, 6.07) is 6.65. The Kier molecular flexibility index (Phi) is 3.25. The summed E-state index contributed by atoms with van der Waals surface area (Å²) in [5.74, 6) is 0. The van der Waals surface area contributed by atoms with Gasteiger partial charge in [0.05, 0.1) is 11.3 Å². The third-order valence-corrected chi connectivity index (χ3v) is 2.91. The number of rotatable bonds is 2. The Morgan fingerprint density at radius 3 is 2.44 bits per heavy atom. The van der Waals surface area contributed by atoms with Gasteiger partial charge in [-0.2, -0.15) is 18.3 Å². The molecule has 0 saturated carbocycles. The Morgan fingerprint density at radius 1 is 1.28 bits per heavy atom. The average Bonchev–Trinajstić information content (AvgIpc) is 2.73. The van der Waals surface area contributed by atoms with Crippen molar-refractivity contribution < 1.29 is 18.0 Å². The summed E-state index contributed by atoms with van der Waals surface area (Å²) >= 11 is 3.21. The van der Waals surface area contributed by atoms with Crippen molar-refractivity contribution in [2.75, 3.05) is 0 Å². The Hall–Kier alpha value is -1.63. The van der Waals surface area contributed by atoms with E-state index >= 15 is 0 Å². The van der Waals surface area contributed by atoms with E-state index in [0.717, 1.165) is 10.9 Å². The molecule has 18 heavy (non-hydrogen) atoms. The van der Waals surface area contributed by atoms with E-state index in [1.807, 2.05) is 0 Å². The maximum atomic E-state index is 12.6. The molecule has 0 aliphatic rings. The summed E-state index contributed by atoms with van der Waals surface area (Å²) in [6.45, 7) is 0. The lowest BCUT2D eigenvalue weighted by atomic mass is 10.2. The zero-order valence-electron chi connectivity index (χ0n) is 8.78. The summed E-state index contributed by atoms with van der Waals surface area (Å²) in [4.78, 5) is 10.6. The van der Waals surface area contributed by atoms with Gasteiger partial charge < -0.3 is 0 Å². The number of benzene rings is 1. The number of carbonyl (C=O) groups excluding carboxylic acids is 1. The molecule has 3 nitrogen and oxygen atoms in total. The fourth-order valence-corrected chi connectivity index (χ4v) is 1.92. The van der Waals surface area contributed by atoms with E-state index in [9.17, 15) is 18.0 Å². The number of aromatic nitrogens is 2. The SMILES string of the molecule is O=Cc1cn(-c2ccccc2Br)nc1C(F)(F)F. The molecule has 0 radical (unpaired) electrons. The van der Waals surface area contributed by atoms with Crippen molar-refractivity contribution in [2.24, 2.45) is 0 Å². The minimum atomic E-state index is -4.65. The molecule has 7 heteroatoms. The van der Waals surface area contributed by atoms with E-state index in [1.165, 1.54) is 0 Å². The Balaban J connectivity index is 2.58. The van der Waals surface area contributed by atoms with Gasteiger partial charge in [0, 0.05) is 10.7 Å². The fraction of sp³-hybridized carbons (Fsp3) is 0.0909. The topological polar surface area (TPSA) is 34.9 Å². The van der Waals surface area contributed by atoms with Gasteiger partial charge >= 0.3 is 6.18 Å². The number of hydrogen-bond acceptors (Lipinski definition) is 2. The van der Waals surface area contributed by atoms with Crippen LogP contribution in [-0.2, 0) is 6.18 Å². The maximum Gasteiger partial charge on any atom is 0.435 e. The number of para-hydroxylation sites is 1. The highest BCUT2D eigenvalue weighted by Crippen LogP contribution is 2.31. The highest BCUT2D eigenvalue weighted by atomic mass is 79.9. The van der Waals surface area contributed by atoms with Crippen LogP contribution in [0.15, 0.2) is 34.9 Å². The standard InChI is InChI=1S/C11H6BrF3N2O/c12-8-3-1-2-4-9(8)17-5-7(6-18)10(16-17)11(13,14)15/h1-6H. The molecule has 1 heterocycles. The zero-order valence-corrected chi connectivity index (χ0v) is 10.4. The summed E-state index contributed by atoms with van der Waals surface area (Å²) < 4.78 is 39.5. The first kappa shape index (κ1) is 12.8. The first-order valence-corrected chi connectivity index (χ1v) is 5.59. The summed E-state index contributed by atoms with van der Waals surface area (Å²) in [5.41, 5.74) is -1.25.